The molecular weight excluding hydrogens is 315 g/mol. The van der Waals surface area contributed by atoms with E-state index in [1.165, 1.54) is 34.2 Å². The molecule has 2 aliphatic carbocycles. The molecule has 3 nitrogen and oxygen atoms in total. The average molecular weight is 338 g/mol. The second-order valence-electron chi connectivity index (χ2n) is 7.71. The zero-order chi connectivity index (χ0) is 17.0. The first kappa shape index (κ1) is 15.3. The zero-order valence-corrected chi connectivity index (χ0v) is 14.4. The maximum Gasteiger partial charge on any atom is 0.251 e. The van der Waals surface area contributed by atoms with Gasteiger partial charge in [-0.2, -0.15) is 0 Å². The van der Waals surface area contributed by atoms with E-state index >= 15 is 0 Å². The van der Waals surface area contributed by atoms with E-state index < -0.39 is 6.17 Å². The van der Waals surface area contributed by atoms with Crippen molar-refractivity contribution in [3.63, 3.8) is 0 Å². The van der Waals surface area contributed by atoms with Crippen molar-refractivity contribution in [3.05, 3.63) is 56.4 Å². The van der Waals surface area contributed by atoms with Crippen LogP contribution in [0, 0.1) is 0 Å². The Labute approximate surface area is 146 Å². The van der Waals surface area contributed by atoms with Gasteiger partial charge in [-0.3, -0.25) is 9.69 Å². The van der Waals surface area contributed by atoms with Crippen molar-refractivity contribution in [2.45, 2.75) is 51.2 Å². The Morgan fingerprint density at radius 1 is 1.12 bits per heavy atom. The molecular formula is C21H23FN2O. The van der Waals surface area contributed by atoms with Crippen LogP contribution in [0.2, 0.25) is 0 Å². The van der Waals surface area contributed by atoms with E-state index in [-0.39, 0.29) is 5.56 Å². The number of benzene rings is 1. The van der Waals surface area contributed by atoms with Crippen LogP contribution in [-0.2, 0) is 25.8 Å². The summed E-state index contributed by atoms with van der Waals surface area (Å²) in [6, 6.07) is 6.36. The lowest BCUT2D eigenvalue weighted by Crippen LogP contribution is -2.21. The molecule has 25 heavy (non-hydrogen) atoms. The molecule has 4 heteroatoms. The van der Waals surface area contributed by atoms with E-state index in [1.807, 2.05) is 0 Å². The highest BCUT2D eigenvalue weighted by molar-refractivity contribution is 5.76. The summed E-state index contributed by atoms with van der Waals surface area (Å²) in [5, 5.41) is 0. The fourth-order valence-corrected chi connectivity index (χ4v) is 4.90. The van der Waals surface area contributed by atoms with E-state index in [0.29, 0.717) is 13.0 Å². The third-order valence-electron chi connectivity index (χ3n) is 6.15. The lowest BCUT2D eigenvalue weighted by molar-refractivity contribution is 0.282. The lowest BCUT2D eigenvalue weighted by Gasteiger charge is -2.18. The fourth-order valence-electron chi connectivity index (χ4n) is 4.90. The molecule has 1 aliphatic heterocycles. The quantitative estimate of drug-likeness (QED) is 0.778. The maximum atomic E-state index is 13.5. The minimum atomic E-state index is -0.683. The Kier molecular flexibility index (Phi) is 3.56. The van der Waals surface area contributed by atoms with Gasteiger partial charge in [0.05, 0.1) is 5.69 Å². The molecule has 0 spiro atoms. The molecule has 3 aliphatic rings. The van der Waals surface area contributed by atoms with Gasteiger partial charge < -0.3 is 4.98 Å². The van der Waals surface area contributed by atoms with Crippen molar-refractivity contribution in [1.82, 2.24) is 9.88 Å². The standard InChI is InChI=1S/C21H23FN2O/c22-14-8-9-24(12-14)11-13-4-3-7-16-18(13)10-19-15-5-1-2-6-17(15)21(25)23-20(16)19/h3-4,7,14H,1-2,5-6,8-12H2,(H,23,25). The van der Waals surface area contributed by atoms with Crippen LogP contribution in [0.5, 0.6) is 0 Å². The lowest BCUT2D eigenvalue weighted by atomic mass is 9.88. The van der Waals surface area contributed by atoms with Gasteiger partial charge in [0.15, 0.2) is 0 Å². The first-order valence-corrected chi connectivity index (χ1v) is 9.45. The average Bonchev–Trinajstić information content (AvgIpc) is 3.20. The van der Waals surface area contributed by atoms with Gasteiger partial charge in [0.25, 0.3) is 5.56 Å². The normalized spacial score (nSPS) is 21.9. The number of fused-ring (bicyclic) bond motifs is 5. The van der Waals surface area contributed by atoms with Gasteiger partial charge >= 0.3 is 0 Å². The van der Waals surface area contributed by atoms with E-state index in [9.17, 15) is 9.18 Å². The molecule has 0 radical (unpaired) electrons. The number of H-pyrrole nitrogens is 1. The molecule has 1 saturated heterocycles. The number of pyridine rings is 1. The van der Waals surface area contributed by atoms with Crippen LogP contribution in [0.4, 0.5) is 4.39 Å². The maximum absolute atomic E-state index is 13.5. The van der Waals surface area contributed by atoms with E-state index in [1.54, 1.807) is 0 Å². The predicted octanol–water partition coefficient (Wildman–Crippen LogP) is 3.37. The molecule has 2 aromatic rings. The minimum absolute atomic E-state index is 0.103. The van der Waals surface area contributed by atoms with Gasteiger partial charge in [0, 0.05) is 37.2 Å². The number of hydrogen-bond donors (Lipinski definition) is 1. The molecule has 5 rings (SSSR count). The summed E-state index contributed by atoms with van der Waals surface area (Å²) < 4.78 is 13.5. The summed E-state index contributed by atoms with van der Waals surface area (Å²) in [5.74, 6) is 0. The third kappa shape index (κ3) is 2.46. The Morgan fingerprint density at radius 2 is 1.96 bits per heavy atom. The van der Waals surface area contributed by atoms with Crippen molar-refractivity contribution in [3.8, 4) is 11.3 Å². The van der Waals surface area contributed by atoms with Crippen LogP contribution in [0.15, 0.2) is 23.0 Å². The number of aromatic nitrogens is 1. The minimum Gasteiger partial charge on any atom is -0.321 e. The van der Waals surface area contributed by atoms with Crippen molar-refractivity contribution in [2.24, 2.45) is 0 Å². The van der Waals surface area contributed by atoms with Gasteiger partial charge in [-0.25, -0.2) is 4.39 Å². The second kappa shape index (κ2) is 5.80. The largest absolute Gasteiger partial charge is 0.321 e. The molecule has 1 aromatic carbocycles. The number of hydrogen-bond acceptors (Lipinski definition) is 2. The SMILES string of the molecule is O=c1[nH]c2c(c3c1CCCC3)Cc1c(CN3CCC(F)C3)cccc1-2. The summed E-state index contributed by atoms with van der Waals surface area (Å²) in [5.41, 5.74) is 8.58. The number of alkyl halides is 1. The summed E-state index contributed by atoms with van der Waals surface area (Å²) in [6.07, 6.45) is 5.11. The first-order chi connectivity index (χ1) is 12.2. The van der Waals surface area contributed by atoms with E-state index in [4.69, 9.17) is 0 Å². The molecule has 1 unspecified atom stereocenters. The van der Waals surface area contributed by atoms with E-state index in [2.05, 4.69) is 28.1 Å². The Bertz CT molecular complexity index is 901. The van der Waals surface area contributed by atoms with Crippen LogP contribution in [0.1, 0.15) is 47.1 Å². The van der Waals surface area contributed by atoms with Crippen LogP contribution < -0.4 is 5.56 Å². The number of nitrogens with one attached hydrogen (secondary N) is 1. The third-order valence-corrected chi connectivity index (χ3v) is 6.15. The molecule has 2 heterocycles. The molecule has 0 saturated carbocycles. The zero-order valence-electron chi connectivity index (χ0n) is 14.4. The second-order valence-corrected chi connectivity index (χ2v) is 7.71. The highest BCUT2D eigenvalue weighted by Gasteiger charge is 2.29. The van der Waals surface area contributed by atoms with Crippen molar-refractivity contribution < 1.29 is 4.39 Å². The monoisotopic (exact) mass is 338 g/mol. The van der Waals surface area contributed by atoms with E-state index in [0.717, 1.165) is 50.0 Å². The fraction of sp³-hybridized carbons (Fsp3) is 0.476. The van der Waals surface area contributed by atoms with Gasteiger partial charge in [-0.05, 0) is 54.4 Å². The smallest absolute Gasteiger partial charge is 0.251 e. The topological polar surface area (TPSA) is 36.1 Å². The summed E-state index contributed by atoms with van der Waals surface area (Å²) in [6.45, 7) is 2.19. The van der Waals surface area contributed by atoms with Gasteiger partial charge in [-0.1, -0.05) is 18.2 Å². The Hall–Kier alpha value is -1.94. The van der Waals surface area contributed by atoms with Crippen LogP contribution >= 0.6 is 0 Å². The number of halogens is 1. The number of rotatable bonds is 2. The molecule has 1 aromatic heterocycles. The number of aromatic amines is 1. The molecule has 0 bridgehead atoms. The molecule has 1 N–H and O–H groups in total. The summed E-state index contributed by atoms with van der Waals surface area (Å²) in [7, 11) is 0. The van der Waals surface area contributed by atoms with Crippen molar-refractivity contribution in [2.75, 3.05) is 13.1 Å². The van der Waals surface area contributed by atoms with Gasteiger partial charge in [0.1, 0.15) is 6.17 Å². The van der Waals surface area contributed by atoms with Crippen molar-refractivity contribution in [1.29, 1.82) is 0 Å². The molecule has 1 fully saturated rings. The summed E-state index contributed by atoms with van der Waals surface area (Å²) in [4.78, 5) is 17.9. The van der Waals surface area contributed by atoms with Crippen LogP contribution in [0.25, 0.3) is 11.3 Å². The molecule has 1 atom stereocenters. The van der Waals surface area contributed by atoms with Gasteiger partial charge in [0.2, 0.25) is 0 Å². The van der Waals surface area contributed by atoms with Crippen LogP contribution in [-0.4, -0.2) is 29.1 Å². The Balaban J connectivity index is 1.56. The Morgan fingerprint density at radius 3 is 2.76 bits per heavy atom. The predicted molar refractivity (Wildman–Crippen MR) is 96.7 cm³/mol. The summed E-state index contributed by atoms with van der Waals surface area (Å²) >= 11 is 0. The van der Waals surface area contributed by atoms with Gasteiger partial charge in [-0.15, -0.1) is 0 Å². The first-order valence-electron chi connectivity index (χ1n) is 9.45. The number of nitrogens with zero attached hydrogens (tertiary/aromatic N) is 1. The number of likely N-dealkylation sites (tertiary alicyclic amines) is 1. The molecule has 0 amide bonds. The molecule has 130 valence electrons. The highest BCUT2D eigenvalue weighted by Crippen LogP contribution is 2.40. The van der Waals surface area contributed by atoms with Crippen molar-refractivity contribution >= 4 is 0 Å². The van der Waals surface area contributed by atoms with Crippen LogP contribution in [0.3, 0.4) is 0 Å². The highest BCUT2D eigenvalue weighted by atomic mass is 19.1.